The average molecular weight is 382 g/mol. The van der Waals surface area contributed by atoms with Crippen molar-refractivity contribution < 1.29 is 23.1 Å². The van der Waals surface area contributed by atoms with Crippen LogP contribution in [0, 0.1) is 0 Å². The molecule has 0 radical (unpaired) electrons. The molecule has 1 heterocycles. The van der Waals surface area contributed by atoms with Crippen LogP contribution >= 0.6 is 11.6 Å². The Balaban J connectivity index is 2.06. The molecule has 2 aromatic carbocycles. The van der Waals surface area contributed by atoms with E-state index in [0.717, 1.165) is 12.1 Å². The number of alkyl halides is 3. The molecular weight excluding hydrogens is 371 g/mol. The highest BCUT2D eigenvalue weighted by Crippen LogP contribution is 2.30. The van der Waals surface area contributed by atoms with Gasteiger partial charge in [-0.1, -0.05) is 41.1 Å². The minimum Gasteiger partial charge on any atom is -0.476 e. The van der Waals surface area contributed by atoms with Gasteiger partial charge < -0.3 is 5.11 Å². The molecule has 3 aromatic rings. The van der Waals surface area contributed by atoms with Crippen molar-refractivity contribution in [2.24, 2.45) is 0 Å². The molecule has 0 spiro atoms. The SMILES string of the molecule is O=C(O)c1nnn(Cc2cccc(C(F)(F)F)c2)c1-c1cccc(Cl)c1. The van der Waals surface area contributed by atoms with E-state index in [1.165, 1.54) is 22.9 Å². The summed E-state index contributed by atoms with van der Waals surface area (Å²) in [5.41, 5.74) is -0.175. The molecule has 0 aliphatic rings. The van der Waals surface area contributed by atoms with E-state index < -0.39 is 17.7 Å². The normalized spacial score (nSPS) is 11.5. The molecule has 0 aliphatic heterocycles. The fourth-order valence-corrected chi connectivity index (χ4v) is 2.70. The highest BCUT2D eigenvalue weighted by molar-refractivity contribution is 6.30. The quantitative estimate of drug-likeness (QED) is 0.729. The molecule has 1 N–H and O–H groups in total. The lowest BCUT2D eigenvalue weighted by Crippen LogP contribution is -2.09. The second-order valence-electron chi connectivity index (χ2n) is 5.46. The zero-order valence-electron chi connectivity index (χ0n) is 13.0. The zero-order chi connectivity index (χ0) is 18.9. The van der Waals surface area contributed by atoms with Gasteiger partial charge in [0.25, 0.3) is 0 Å². The number of aromatic carboxylic acids is 1. The Hall–Kier alpha value is -2.87. The van der Waals surface area contributed by atoms with Crippen molar-refractivity contribution in [3.05, 3.63) is 70.4 Å². The highest BCUT2D eigenvalue weighted by atomic mass is 35.5. The fourth-order valence-electron chi connectivity index (χ4n) is 2.51. The molecule has 3 rings (SSSR count). The maximum absolute atomic E-state index is 12.9. The van der Waals surface area contributed by atoms with Crippen molar-refractivity contribution in [2.45, 2.75) is 12.7 Å². The van der Waals surface area contributed by atoms with Crippen LogP contribution in [0.15, 0.2) is 48.5 Å². The van der Waals surface area contributed by atoms with Gasteiger partial charge >= 0.3 is 12.1 Å². The van der Waals surface area contributed by atoms with Crippen molar-refractivity contribution in [1.29, 1.82) is 0 Å². The summed E-state index contributed by atoms with van der Waals surface area (Å²) >= 11 is 5.95. The lowest BCUT2D eigenvalue weighted by atomic mass is 10.1. The predicted molar refractivity (Wildman–Crippen MR) is 88.0 cm³/mol. The summed E-state index contributed by atoms with van der Waals surface area (Å²) in [5, 5.41) is 17.1. The second-order valence-corrected chi connectivity index (χ2v) is 5.89. The number of benzene rings is 2. The van der Waals surface area contributed by atoms with Gasteiger partial charge in [-0.2, -0.15) is 13.2 Å². The number of carbonyl (C=O) groups is 1. The highest BCUT2D eigenvalue weighted by Gasteiger charge is 2.30. The first kappa shape index (κ1) is 17.9. The molecule has 1 aromatic heterocycles. The van der Waals surface area contributed by atoms with Crippen molar-refractivity contribution in [3.8, 4) is 11.3 Å². The Kier molecular flexibility index (Phi) is 4.69. The van der Waals surface area contributed by atoms with Crippen molar-refractivity contribution in [1.82, 2.24) is 15.0 Å². The lowest BCUT2D eigenvalue weighted by molar-refractivity contribution is -0.137. The van der Waals surface area contributed by atoms with Crippen LogP contribution in [-0.4, -0.2) is 26.1 Å². The third-order valence-corrected chi connectivity index (χ3v) is 3.86. The molecule has 0 atom stereocenters. The summed E-state index contributed by atoms with van der Waals surface area (Å²) in [6.45, 7) is -0.0773. The van der Waals surface area contributed by atoms with Crippen LogP contribution < -0.4 is 0 Å². The Morgan fingerprint density at radius 3 is 2.54 bits per heavy atom. The van der Waals surface area contributed by atoms with E-state index in [4.69, 9.17) is 11.6 Å². The van der Waals surface area contributed by atoms with Gasteiger partial charge in [-0.15, -0.1) is 5.10 Å². The fraction of sp³-hybridized carbons (Fsp3) is 0.118. The van der Waals surface area contributed by atoms with E-state index in [9.17, 15) is 23.1 Å². The molecule has 0 saturated carbocycles. The Labute approximate surface area is 150 Å². The summed E-state index contributed by atoms with van der Waals surface area (Å²) < 4.78 is 39.9. The van der Waals surface area contributed by atoms with E-state index in [1.54, 1.807) is 18.2 Å². The summed E-state index contributed by atoms with van der Waals surface area (Å²) in [5.74, 6) is -1.30. The lowest BCUT2D eigenvalue weighted by Gasteiger charge is -2.11. The minimum absolute atomic E-state index is 0.0773. The summed E-state index contributed by atoms with van der Waals surface area (Å²) in [4.78, 5) is 11.4. The van der Waals surface area contributed by atoms with Crippen LogP contribution in [0.25, 0.3) is 11.3 Å². The molecule has 134 valence electrons. The van der Waals surface area contributed by atoms with E-state index in [-0.39, 0.29) is 17.9 Å². The number of halogens is 4. The maximum Gasteiger partial charge on any atom is 0.416 e. The van der Waals surface area contributed by atoms with E-state index in [0.29, 0.717) is 16.1 Å². The van der Waals surface area contributed by atoms with E-state index >= 15 is 0 Å². The van der Waals surface area contributed by atoms with Crippen LogP contribution in [0.5, 0.6) is 0 Å². The number of rotatable bonds is 4. The first-order valence-electron chi connectivity index (χ1n) is 7.34. The van der Waals surface area contributed by atoms with Gasteiger partial charge in [-0.25, -0.2) is 9.48 Å². The number of hydrogen-bond acceptors (Lipinski definition) is 3. The summed E-state index contributed by atoms with van der Waals surface area (Å²) in [6.07, 6.45) is -4.47. The number of nitrogens with zero attached hydrogens (tertiary/aromatic N) is 3. The van der Waals surface area contributed by atoms with Gasteiger partial charge in [0.05, 0.1) is 12.1 Å². The van der Waals surface area contributed by atoms with Crippen LogP contribution in [0.4, 0.5) is 13.2 Å². The van der Waals surface area contributed by atoms with Gasteiger partial charge in [-0.3, -0.25) is 0 Å². The molecule has 0 unspecified atom stereocenters. The Morgan fingerprint density at radius 2 is 1.88 bits per heavy atom. The standard InChI is InChI=1S/C17H11ClF3N3O2/c18-13-6-2-4-11(8-13)15-14(16(25)26)22-23-24(15)9-10-3-1-5-12(7-10)17(19,20)21/h1-8H,9H2,(H,25,26). The van der Waals surface area contributed by atoms with Crippen LogP contribution in [0.3, 0.4) is 0 Å². The second kappa shape index (κ2) is 6.80. The Morgan fingerprint density at radius 1 is 1.15 bits per heavy atom. The molecule has 9 heteroatoms. The van der Waals surface area contributed by atoms with Crippen molar-refractivity contribution in [2.75, 3.05) is 0 Å². The molecule has 0 fully saturated rings. The minimum atomic E-state index is -4.47. The molecule has 0 saturated heterocycles. The van der Waals surface area contributed by atoms with Gasteiger partial charge in [0.1, 0.15) is 5.69 Å². The predicted octanol–water partition coefficient (Wildman–Crippen LogP) is 4.36. The van der Waals surface area contributed by atoms with E-state index in [2.05, 4.69) is 10.3 Å². The smallest absolute Gasteiger partial charge is 0.416 e. The van der Waals surface area contributed by atoms with Gasteiger partial charge in [0.15, 0.2) is 5.69 Å². The third kappa shape index (κ3) is 3.70. The molecule has 0 aliphatic carbocycles. The molecular formula is C17H11ClF3N3O2. The molecule has 0 bridgehead atoms. The summed E-state index contributed by atoms with van der Waals surface area (Å²) in [6, 6.07) is 11.1. The van der Waals surface area contributed by atoms with Crippen molar-refractivity contribution >= 4 is 17.6 Å². The topological polar surface area (TPSA) is 68.0 Å². The third-order valence-electron chi connectivity index (χ3n) is 3.62. The van der Waals surface area contributed by atoms with Gasteiger partial charge in [0, 0.05) is 10.6 Å². The number of carboxylic acid groups (broad SMARTS) is 1. The zero-order valence-corrected chi connectivity index (χ0v) is 13.8. The Bertz CT molecular complexity index is 970. The van der Waals surface area contributed by atoms with Crippen LogP contribution in [-0.2, 0) is 12.7 Å². The first-order valence-corrected chi connectivity index (χ1v) is 7.72. The van der Waals surface area contributed by atoms with E-state index in [1.807, 2.05) is 0 Å². The van der Waals surface area contributed by atoms with Gasteiger partial charge in [0.2, 0.25) is 0 Å². The number of hydrogen-bond donors (Lipinski definition) is 1. The molecule has 26 heavy (non-hydrogen) atoms. The monoisotopic (exact) mass is 381 g/mol. The van der Waals surface area contributed by atoms with Crippen molar-refractivity contribution in [3.63, 3.8) is 0 Å². The maximum atomic E-state index is 12.9. The van der Waals surface area contributed by atoms with Gasteiger partial charge in [-0.05, 0) is 29.8 Å². The number of aromatic nitrogens is 3. The largest absolute Gasteiger partial charge is 0.476 e. The number of carboxylic acids is 1. The molecule has 0 amide bonds. The van der Waals surface area contributed by atoms with Crippen LogP contribution in [0.1, 0.15) is 21.6 Å². The molecule has 5 nitrogen and oxygen atoms in total. The van der Waals surface area contributed by atoms with Crippen LogP contribution in [0.2, 0.25) is 5.02 Å². The average Bonchev–Trinajstić information content (AvgIpc) is 2.98. The first-order chi connectivity index (χ1) is 12.3. The summed E-state index contributed by atoms with van der Waals surface area (Å²) in [7, 11) is 0.